The van der Waals surface area contributed by atoms with Crippen LogP contribution in [0.5, 0.6) is 0 Å². The van der Waals surface area contributed by atoms with E-state index in [0.717, 1.165) is 37.3 Å². The maximum Gasteiger partial charge on any atom is 0.177 e. The van der Waals surface area contributed by atoms with Crippen molar-refractivity contribution >= 4 is 40.2 Å². The van der Waals surface area contributed by atoms with Gasteiger partial charge in [-0.25, -0.2) is 9.97 Å². The summed E-state index contributed by atoms with van der Waals surface area (Å²) >= 11 is 12.4. The number of nitrogens with zero attached hydrogens (tertiary/aromatic N) is 4. The highest BCUT2D eigenvalue weighted by molar-refractivity contribution is 6.43. The van der Waals surface area contributed by atoms with E-state index >= 15 is 0 Å². The Morgan fingerprint density at radius 1 is 1.24 bits per heavy atom. The van der Waals surface area contributed by atoms with Gasteiger partial charge in [-0.2, -0.15) is 5.10 Å². The Hall–Kier alpha value is -1.89. The van der Waals surface area contributed by atoms with E-state index in [1.54, 1.807) is 12.3 Å². The van der Waals surface area contributed by atoms with Crippen molar-refractivity contribution in [3.05, 3.63) is 34.4 Å². The lowest BCUT2D eigenvalue weighted by molar-refractivity contribution is 0.363. The third-order valence-electron chi connectivity index (χ3n) is 4.69. The maximum atomic E-state index is 6.31. The van der Waals surface area contributed by atoms with E-state index in [9.17, 15) is 0 Å². The number of H-pyrrole nitrogens is 1. The molecule has 25 heavy (non-hydrogen) atoms. The highest BCUT2D eigenvalue weighted by Gasteiger charge is 2.27. The predicted octanol–water partition coefficient (Wildman–Crippen LogP) is 3.64. The van der Waals surface area contributed by atoms with E-state index < -0.39 is 0 Å². The number of nitrogens with one attached hydrogen (secondary N) is 1. The molecule has 1 aliphatic rings. The van der Waals surface area contributed by atoms with Gasteiger partial charge >= 0.3 is 0 Å². The van der Waals surface area contributed by atoms with Crippen LogP contribution in [-0.2, 0) is 0 Å². The molecule has 1 saturated heterocycles. The SMILES string of the molecule is CC1(N)CCN(c2cnc3c(-c4cccc(Cl)c4Cl)n[nH]c3n2)CC1. The molecular weight excluding hydrogens is 359 g/mol. The third kappa shape index (κ3) is 3.05. The number of nitrogens with two attached hydrogens (primary N) is 1. The van der Waals surface area contributed by atoms with Crippen molar-refractivity contribution in [2.45, 2.75) is 25.3 Å². The van der Waals surface area contributed by atoms with Gasteiger partial charge in [0.05, 0.1) is 16.2 Å². The number of aromatic nitrogens is 4. The zero-order chi connectivity index (χ0) is 17.6. The van der Waals surface area contributed by atoms with Crippen LogP contribution in [0.3, 0.4) is 0 Å². The Labute approximate surface area is 155 Å². The van der Waals surface area contributed by atoms with Crippen molar-refractivity contribution in [1.82, 2.24) is 20.2 Å². The van der Waals surface area contributed by atoms with Crippen LogP contribution < -0.4 is 10.6 Å². The molecule has 6 nitrogen and oxygen atoms in total. The van der Waals surface area contributed by atoms with Crippen molar-refractivity contribution in [2.24, 2.45) is 5.73 Å². The first-order valence-electron chi connectivity index (χ1n) is 8.14. The molecular formula is C17H18Cl2N6. The van der Waals surface area contributed by atoms with Gasteiger partial charge in [-0.05, 0) is 25.8 Å². The molecule has 3 heterocycles. The van der Waals surface area contributed by atoms with E-state index in [2.05, 4.69) is 32.0 Å². The quantitative estimate of drug-likeness (QED) is 0.712. The first kappa shape index (κ1) is 16.6. The summed E-state index contributed by atoms with van der Waals surface area (Å²) in [5, 5.41) is 8.24. The molecule has 1 aromatic carbocycles. The Bertz CT molecular complexity index is 926. The average Bonchev–Trinajstić information content (AvgIpc) is 3.00. The first-order valence-corrected chi connectivity index (χ1v) is 8.89. The summed E-state index contributed by atoms with van der Waals surface area (Å²) in [5.74, 6) is 0.829. The summed E-state index contributed by atoms with van der Waals surface area (Å²) in [6.45, 7) is 3.83. The van der Waals surface area contributed by atoms with E-state index in [1.807, 2.05) is 12.1 Å². The van der Waals surface area contributed by atoms with Crippen LogP contribution in [0.2, 0.25) is 10.0 Å². The van der Waals surface area contributed by atoms with Crippen LogP contribution in [0.1, 0.15) is 19.8 Å². The van der Waals surface area contributed by atoms with Gasteiger partial charge in [0.1, 0.15) is 17.0 Å². The van der Waals surface area contributed by atoms with Crippen LogP contribution in [0.25, 0.3) is 22.4 Å². The van der Waals surface area contributed by atoms with Gasteiger partial charge in [-0.3, -0.25) is 5.10 Å². The molecule has 130 valence electrons. The number of fused-ring (bicyclic) bond motifs is 1. The molecule has 1 aliphatic heterocycles. The Kier molecular flexibility index (Phi) is 4.06. The lowest BCUT2D eigenvalue weighted by Crippen LogP contribution is -2.48. The average molecular weight is 377 g/mol. The molecule has 0 unspecified atom stereocenters. The van der Waals surface area contributed by atoms with E-state index in [1.165, 1.54) is 0 Å². The van der Waals surface area contributed by atoms with Crippen LogP contribution in [-0.4, -0.2) is 38.8 Å². The van der Waals surface area contributed by atoms with Gasteiger partial charge in [-0.15, -0.1) is 0 Å². The van der Waals surface area contributed by atoms with Crippen LogP contribution in [0.4, 0.5) is 5.82 Å². The normalized spacial score (nSPS) is 17.2. The highest BCUT2D eigenvalue weighted by atomic mass is 35.5. The van der Waals surface area contributed by atoms with E-state index in [0.29, 0.717) is 26.9 Å². The van der Waals surface area contributed by atoms with Crippen LogP contribution in [0, 0.1) is 0 Å². The maximum absolute atomic E-state index is 6.31. The second kappa shape index (κ2) is 6.12. The Morgan fingerprint density at radius 3 is 2.76 bits per heavy atom. The zero-order valence-corrected chi connectivity index (χ0v) is 15.3. The zero-order valence-electron chi connectivity index (χ0n) is 13.8. The van der Waals surface area contributed by atoms with E-state index in [-0.39, 0.29) is 5.54 Å². The molecule has 0 spiro atoms. The first-order chi connectivity index (χ1) is 11.9. The number of anilines is 1. The van der Waals surface area contributed by atoms with Gasteiger partial charge in [0, 0.05) is 24.2 Å². The number of aromatic amines is 1. The van der Waals surface area contributed by atoms with Crippen LogP contribution >= 0.6 is 23.2 Å². The smallest absolute Gasteiger partial charge is 0.177 e. The molecule has 3 aromatic rings. The molecule has 3 N–H and O–H groups in total. The predicted molar refractivity (Wildman–Crippen MR) is 101 cm³/mol. The summed E-state index contributed by atoms with van der Waals surface area (Å²) < 4.78 is 0. The molecule has 0 amide bonds. The second-order valence-electron chi connectivity index (χ2n) is 6.74. The fourth-order valence-electron chi connectivity index (χ4n) is 3.07. The minimum atomic E-state index is -0.0987. The van der Waals surface area contributed by atoms with E-state index in [4.69, 9.17) is 28.9 Å². The third-order valence-corrected chi connectivity index (χ3v) is 5.51. The Balaban J connectivity index is 1.69. The lowest BCUT2D eigenvalue weighted by atomic mass is 9.91. The lowest BCUT2D eigenvalue weighted by Gasteiger charge is -2.37. The number of halogens is 2. The van der Waals surface area contributed by atoms with Gasteiger partial charge in [0.2, 0.25) is 0 Å². The molecule has 8 heteroatoms. The minimum Gasteiger partial charge on any atom is -0.355 e. The number of piperidine rings is 1. The largest absolute Gasteiger partial charge is 0.355 e. The van der Waals surface area contributed by atoms with Gasteiger partial charge in [0.25, 0.3) is 0 Å². The summed E-state index contributed by atoms with van der Waals surface area (Å²) in [6, 6.07) is 5.45. The molecule has 2 aromatic heterocycles. The van der Waals surface area contributed by atoms with Crippen LogP contribution in [0.15, 0.2) is 24.4 Å². The van der Waals surface area contributed by atoms with Crippen molar-refractivity contribution in [3.63, 3.8) is 0 Å². The molecule has 0 bridgehead atoms. The summed E-state index contributed by atoms with van der Waals surface area (Å²) in [7, 11) is 0. The summed E-state index contributed by atoms with van der Waals surface area (Å²) in [5.41, 5.74) is 8.79. The van der Waals surface area contributed by atoms with Crippen molar-refractivity contribution in [2.75, 3.05) is 18.0 Å². The topological polar surface area (TPSA) is 83.7 Å². The molecule has 0 atom stereocenters. The van der Waals surface area contributed by atoms with Crippen molar-refractivity contribution in [3.8, 4) is 11.3 Å². The second-order valence-corrected chi connectivity index (χ2v) is 7.53. The molecule has 1 fully saturated rings. The summed E-state index contributed by atoms with van der Waals surface area (Å²) in [4.78, 5) is 11.4. The van der Waals surface area contributed by atoms with Gasteiger partial charge in [0.15, 0.2) is 5.65 Å². The molecule has 0 aliphatic carbocycles. The van der Waals surface area contributed by atoms with Gasteiger partial charge in [-0.1, -0.05) is 35.3 Å². The van der Waals surface area contributed by atoms with Crippen molar-refractivity contribution in [1.29, 1.82) is 0 Å². The standard InChI is InChI=1S/C17H18Cl2N6/c1-17(20)5-7-25(8-6-17)12-9-21-15-14(23-24-16(15)22-12)10-3-2-4-11(18)13(10)19/h2-4,9H,5-8,20H2,1H3,(H,22,23,24). The minimum absolute atomic E-state index is 0.0987. The van der Waals surface area contributed by atoms with Crippen molar-refractivity contribution < 1.29 is 0 Å². The highest BCUT2D eigenvalue weighted by Crippen LogP contribution is 2.35. The fraction of sp³-hybridized carbons (Fsp3) is 0.353. The molecule has 0 radical (unpaired) electrons. The number of hydrogen-bond donors (Lipinski definition) is 2. The summed E-state index contributed by atoms with van der Waals surface area (Å²) in [6.07, 6.45) is 3.64. The fourth-order valence-corrected chi connectivity index (χ4v) is 3.46. The van der Waals surface area contributed by atoms with Gasteiger partial charge < -0.3 is 10.6 Å². The monoisotopic (exact) mass is 376 g/mol. The number of hydrogen-bond acceptors (Lipinski definition) is 5. The number of benzene rings is 1. The molecule has 0 saturated carbocycles. The molecule has 4 rings (SSSR count). The Morgan fingerprint density at radius 2 is 2.00 bits per heavy atom. The number of rotatable bonds is 2.